The van der Waals surface area contributed by atoms with Crippen molar-refractivity contribution in [3.05, 3.63) is 23.9 Å². The van der Waals surface area contributed by atoms with Gasteiger partial charge >= 0.3 is 0 Å². The highest BCUT2D eigenvalue weighted by molar-refractivity contribution is 6.00. The summed E-state index contributed by atoms with van der Waals surface area (Å²) in [7, 11) is 0. The number of hydrogen-bond acceptors (Lipinski definition) is 2. The van der Waals surface area contributed by atoms with Crippen LogP contribution in [0.15, 0.2) is 28.9 Å². The average molecular weight is 161 g/mol. The first-order chi connectivity index (χ1) is 5.77. The third kappa shape index (κ3) is 1.07. The van der Waals surface area contributed by atoms with Crippen LogP contribution in [0.1, 0.15) is 6.92 Å². The summed E-state index contributed by atoms with van der Waals surface area (Å²) in [6.07, 6.45) is 7.60. The number of amidine groups is 1. The van der Waals surface area contributed by atoms with Crippen molar-refractivity contribution in [2.45, 2.75) is 13.0 Å². The average Bonchev–Trinajstić information content (AvgIpc) is 2.04. The summed E-state index contributed by atoms with van der Waals surface area (Å²) in [6, 6.07) is 0.387. The van der Waals surface area contributed by atoms with Crippen molar-refractivity contribution in [2.75, 3.05) is 0 Å². The lowest BCUT2D eigenvalue weighted by Crippen LogP contribution is -2.36. The van der Waals surface area contributed by atoms with Crippen molar-refractivity contribution >= 4 is 12.1 Å². The summed E-state index contributed by atoms with van der Waals surface area (Å²) in [5.41, 5.74) is 1.18. The Kier molecular flexibility index (Phi) is 1.57. The van der Waals surface area contributed by atoms with Crippen LogP contribution in [-0.2, 0) is 0 Å². The monoisotopic (exact) mass is 161 g/mol. The molecule has 2 heterocycles. The van der Waals surface area contributed by atoms with E-state index < -0.39 is 0 Å². The molecule has 0 fully saturated rings. The maximum Gasteiger partial charge on any atom is 0.144 e. The third-order valence-corrected chi connectivity index (χ3v) is 2.24. The van der Waals surface area contributed by atoms with E-state index in [9.17, 15) is 0 Å². The van der Waals surface area contributed by atoms with E-state index in [0.29, 0.717) is 17.8 Å². The van der Waals surface area contributed by atoms with Crippen molar-refractivity contribution in [1.82, 2.24) is 5.32 Å². The molecule has 0 radical (unpaired) electrons. The zero-order valence-corrected chi connectivity index (χ0v) is 6.91. The number of nitrogens with zero attached hydrogens (tertiary/aromatic N) is 1. The van der Waals surface area contributed by atoms with Crippen molar-refractivity contribution in [3.8, 4) is 0 Å². The number of hydrogen-bond donors (Lipinski definition) is 2. The van der Waals surface area contributed by atoms with Gasteiger partial charge in [0.25, 0.3) is 0 Å². The third-order valence-electron chi connectivity index (χ3n) is 2.24. The van der Waals surface area contributed by atoms with Crippen molar-refractivity contribution in [3.63, 3.8) is 0 Å². The molecule has 0 saturated heterocycles. The molecule has 0 bridgehead atoms. The fraction of sp³-hybridized carbons (Fsp3) is 0.333. The molecule has 62 valence electrons. The molecule has 2 atom stereocenters. The maximum absolute atomic E-state index is 7.35. The molecule has 2 aliphatic heterocycles. The number of nitrogens with one attached hydrogen (secondary N) is 2. The summed E-state index contributed by atoms with van der Waals surface area (Å²) < 4.78 is 0. The largest absolute Gasteiger partial charge is 0.387 e. The van der Waals surface area contributed by atoms with Crippen LogP contribution in [0.3, 0.4) is 0 Å². The van der Waals surface area contributed by atoms with Gasteiger partial charge < -0.3 is 5.32 Å². The normalized spacial score (nSPS) is 32.4. The van der Waals surface area contributed by atoms with E-state index >= 15 is 0 Å². The van der Waals surface area contributed by atoms with E-state index in [2.05, 4.69) is 17.2 Å². The fourth-order valence-corrected chi connectivity index (χ4v) is 1.51. The Balaban J connectivity index is 2.36. The summed E-state index contributed by atoms with van der Waals surface area (Å²) in [6.45, 7) is 2.11. The van der Waals surface area contributed by atoms with E-state index in [1.165, 1.54) is 5.57 Å². The van der Waals surface area contributed by atoms with Gasteiger partial charge in [0, 0.05) is 18.2 Å². The second-order valence-electron chi connectivity index (χ2n) is 3.12. The second kappa shape index (κ2) is 2.59. The van der Waals surface area contributed by atoms with Crippen molar-refractivity contribution < 1.29 is 0 Å². The van der Waals surface area contributed by atoms with Crippen LogP contribution in [0.4, 0.5) is 0 Å². The molecule has 0 aromatic carbocycles. The van der Waals surface area contributed by atoms with Crippen LogP contribution in [0.2, 0.25) is 0 Å². The molecule has 3 nitrogen and oxygen atoms in total. The quantitative estimate of drug-likeness (QED) is 0.549. The number of rotatable bonds is 0. The molecule has 12 heavy (non-hydrogen) atoms. The zero-order chi connectivity index (χ0) is 8.55. The molecular formula is C9H11N3. The highest BCUT2D eigenvalue weighted by Crippen LogP contribution is 2.21. The molecule has 2 N–H and O–H groups in total. The Labute approximate surface area is 71.4 Å². The van der Waals surface area contributed by atoms with Gasteiger partial charge in [0.05, 0.1) is 0 Å². The zero-order valence-electron chi connectivity index (χ0n) is 6.91. The van der Waals surface area contributed by atoms with Crippen molar-refractivity contribution in [2.24, 2.45) is 10.9 Å². The molecular weight excluding hydrogens is 150 g/mol. The summed E-state index contributed by atoms with van der Waals surface area (Å²) in [5, 5.41) is 10.6. The lowest BCUT2D eigenvalue weighted by molar-refractivity contribution is 0.555. The van der Waals surface area contributed by atoms with Gasteiger partial charge in [0.2, 0.25) is 0 Å². The summed E-state index contributed by atoms with van der Waals surface area (Å²) in [5.74, 6) is 0.684. The van der Waals surface area contributed by atoms with Crippen LogP contribution >= 0.6 is 0 Å². The van der Waals surface area contributed by atoms with Gasteiger partial charge in [-0.1, -0.05) is 0 Å². The molecule has 0 spiro atoms. The Hall–Kier alpha value is -1.38. The van der Waals surface area contributed by atoms with E-state index in [-0.39, 0.29) is 0 Å². The van der Waals surface area contributed by atoms with E-state index in [1.54, 1.807) is 0 Å². The minimum absolute atomic E-state index is 0.337. The predicted octanol–water partition coefficient (Wildman–Crippen LogP) is 1.10. The molecule has 0 aliphatic carbocycles. The number of aliphatic imine (C=N–C) groups is 1. The summed E-state index contributed by atoms with van der Waals surface area (Å²) in [4.78, 5) is 3.97. The minimum Gasteiger partial charge on any atom is -0.387 e. The molecule has 0 saturated carbocycles. The smallest absolute Gasteiger partial charge is 0.144 e. The van der Waals surface area contributed by atoms with E-state index in [4.69, 9.17) is 5.41 Å². The van der Waals surface area contributed by atoms with Crippen LogP contribution < -0.4 is 5.32 Å². The SMILES string of the molecule is CC1NC=CC2=CC(=N)N=CC21. The first-order valence-electron chi connectivity index (χ1n) is 4.04. The highest BCUT2D eigenvalue weighted by atomic mass is 14.9. The molecule has 0 amide bonds. The molecule has 0 aromatic rings. The van der Waals surface area contributed by atoms with Gasteiger partial charge in [-0.3, -0.25) is 5.41 Å². The van der Waals surface area contributed by atoms with Crippen LogP contribution in [0, 0.1) is 11.3 Å². The number of fused-ring (bicyclic) bond motifs is 1. The minimum atomic E-state index is 0.337. The number of dihydropyridines is 1. The molecule has 2 rings (SSSR count). The lowest BCUT2D eigenvalue weighted by Gasteiger charge is -2.27. The van der Waals surface area contributed by atoms with Gasteiger partial charge in [-0.05, 0) is 30.8 Å². The first-order valence-corrected chi connectivity index (χ1v) is 4.04. The number of allylic oxidation sites excluding steroid dienone is 1. The fourth-order valence-electron chi connectivity index (χ4n) is 1.51. The predicted molar refractivity (Wildman–Crippen MR) is 49.5 cm³/mol. The van der Waals surface area contributed by atoms with Gasteiger partial charge in [-0.2, -0.15) is 0 Å². The highest BCUT2D eigenvalue weighted by Gasteiger charge is 2.22. The Morgan fingerprint density at radius 3 is 3.25 bits per heavy atom. The topological polar surface area (TPSA) is 48.2 Å². The Morgan fingerprint density at radius 2 is 2.42 bits per heavy atom. The van der Waals surface area contributed by atoms with Crippen LogP contribution in [-0.4, -0.2) is 18.1 Å². The van der Waals surface area contributed by atoms with Crippen LogP contribution in [0.5, 0.6) is 0 Å². The molecule has 0 aromatic heterocycles. The molecule has 3 heteroatoms. The van der Waals surface area contributed by atoms with Crippen molar-refractivity contribution in [1.29, 1.82) is 5.41 Å². The van der Waals surface area contributed by atoms with Gasteiger partial charge in [-0.15, -0.1) is 0 Å². The Morgan fingerprint density at radius 1 is 1.58 bits per heavy atom. The van der Waals surface area contributed by atoms with Crippen LogP contribution in [0.25, 0.3) is 0 Å². The summed E-state index contributed by atoms with van der Waals surface area (Å²) >= 11 is 0. The van der Waals surface area contributed by atoms with Gasteiger partial charge in [-0.25, -0.2) is 4.99 Å². The first kappa shape index (κ1) is 7.28. The van der Waals surface area contributed by atoms with E-state index in [0.717, 1.165) is 0 Å². The molecule has 2 unspecified atom stereocenters. The Bertz CT molecular complexity index is 299. The molecule has 2 aliphatic rings. The van der Waals surface area contributed by atoms with Gasteiger partial charge in [0.1, 0.15) is 5.84 Å². The maximum atomic E-state index is 7.35. The lowest BCUT2D eigenvalue weighted by atomic mass is 9.89. The van der Waals surface area contributed by atoms with E-state index in [1.807, 2.05) is 24.6 Å². The van der Waals surface area contributed by atoms with Gasteiger partial charge in [0.15, 0.2) is 0 Å². The standard InChI is InChI=1S/C9H11N3/c1-6-8-5-12-9(10)4-7(8)2-3-11-6/h2-6,8,10-11H,1H3. The second-order valence-corrected chi connectivity index (χ2v) is 3.12.